The molecule has 3 heteroatoms. The van der Waals surface area contributed by atoms with Crippen LogP contribution in [0.2, 0.25) is 0 Å². The molecule has 1 aliphatic heterocycles. The van der Waals surface area contributed by atoms with Gasteiger partial charge in [0.1, 0.15) is 13.2 Å². The molecule has 0 aliphatic carbocycles. The van der Waals surface area contributed by atoms with Gasteiger partial charge in [-0.05, 0) is 42.6 Å². The van der Waals surface area contributed by atoms with Crippen molar-refractivity contribution >= 4 is 6.21 Å². The van der Waals surface area contributed by atoms with Gasteiger partial charge in [-0.1, -0.05) is 42.5 Å². The summed E-state index contributed by atoms with van der Waals surface area (Å²) in [5, 5.41) is 3.47. The Morgan fingerprint density at radius 2 is 1.84 bits per heavy atom. The predicted octanol–water partition coefficient (Wildman–Crippen LogP) is 2.83. The van der Waals surface area contributed by atoms with Gasteiger partial charge in [-0.3, -0.25) is 0 Å². The van der Waals surface area contributed by atoms with Gasteiger partial charge in [0.05, 0.1) is 6.61 Å². The average Bonchev–Trinajstić information content (AvgIpc) is 2.65. The van der Waals surface area contributed by atoms with E-state index in [2.05, 4.69) is 71.6 Å². The third kappa shape index (κ3) is 5.52. The molecule has 0 bridgehead atoms. The molecule has 0 unspecified atom stereocenters. The van der Waals surface area contributed by atoms with Crippen molar-refractivity contribution in [2.45, 2.75) is 19.8 Å². The number of nitrogens with zero attached hydrogens (tertiary/aromatic N) is 1. The van der Waals surface area contributed by atoms with Crippen molar-refractivity contribution < 1.29 is 9.31 Å². The summed E-state index contributed by atoms with van der Waals surface area (Å²) >= 11 is 0. The monoisotopic (exact) mass is 337 g/mol. The molecule has 25 heavy (non-hydrogen) atoms. The van der Waals surface area contributed by atoms with Gasteiger partial charge in [0, 0.05) is 18.5 Å². The highest BCUT2D eigenvalue weighted by atomic mass is 16.5. The van der Waals surface area contributed by atoms with Gasteiger partial charge in [-0.25, -0.2) is 4.58 Å². The molecule has 0 amide bonds. The van der Waals surface area contributed by atoms with Gasteiger partial charge in [-0.2, -0.15) is 0 Å². The Balaban J connectivity index is 1.26. The Labute approximate surface area is 151 Å². The van der Waals surface area contributed by atoms with Crippen LogP contribution in [-0.2, 0) is 17.6 Å². The SMILES string of the molecule is Cc1ccccc1CCNCCOCC[N+]1=Cc2ccccc2CC1. The number of hydrogen-bond acceptors (Lipinski definition) is 2. The zero-order valence-corrected chi connectivity index (χ0v) is 15.2. The largest absolute Gasteiger partial charge is 0.374 e. The lowest BCUT2D eigenvalue weighted by molar-refractivity contribution is -0.526. The Morgan fingerprint density at radius 3 is 2.76 bits per heavy atom. The van der Waals surface area contributed by atoms with Crippen LogP contribution in [0.5, 0.6) is 0 Å². The zero-order valence-electron chi connectivity index (χ0n) is 15.2. The molecule has 0 atom stereocenters. The highest BCUT2D eigenvalue weighted by Gasteiger charge is 2.14. The molecular formula is C22H29N2O+. The number of aryl methyl sites for hydroxylation is 1. The smallest absolute Gasteiger partial charge is 0.171 e. The first-order valence-electron chi connectivity index (χ1n) is 9.33. The fraction of sp³-hybridized carbons (Fsp3) is 0.409. The Morgan fingerprint density at radius 1 is 1.00 bits per heavy atom. The van der Waals surface area contributed by atoms with Crippen LogP contribution in [0.25, 0.3) is 0 Å². The van der Waals surface area contributed by atoms with Crippen molar-refractivity contribution in [2.75, 3.05) is 39.4 Å². The minimum Gasteiger partial charge on any atom is -0.374 e. The molecule has 2 aromatic carbocycles. The van der Waals surface area contributed by atoms with Crippen molar-refractivity contribution in [3.05, 3.63) is 70.8 Å². The van der Waals surface area contributed by atoms with Gasteiger partial charge in [0.2, 0.25) is 0 Å². The van der Waals surface area contributed by atoms with Crippen LogP contribution in [0.1, 0.15) is 22.3 Å². The lowest BCUT2D eigenvalue weighted by atomic mass is 10.0. The van der Waals surface area contributed by atoms with E-state index in [-0.39, 0.29) is 0 Å². The number of rotatable bonds is 9. The summed E-state index contributed by atoms with van der Waals surface area (Å²) in [5.41, 5.74) is 5.61. The first-order valence-corrected chi connectivity index (χ1v) is 9.33. The Bertz CT molecular complexity index is 709. The van der Waals surface area contributed by atoms with Crippen LogP contribution in [0.15, 0.2) is 48.5 Å². The van der Waals surface area contributed by atoms with Crippen LogP contribution < -0.4 is 5.32 Å². The van der Waals surface area contributed by atoms with E-state index >= 15 is 0 Å². The highest BCUT2D eigenvalue weighted by molar-refractivity contribution is 5.78. The van der Waals surface area contributed by atoms with E-state index in [9.17, 15) is 0 Å². The molecule has 3 rings (SSSR count). The maximum atomic E-state index is 5.78. The molecule has 0 radical (unpaired) electrons. The normalized spacial score (nSPS) is 13.4. The van der Waals surface area contributed by atoms with Gasteiger partial charge in [0.25, 0.3) is 0 Å². The minimum absolute atomic E-state index is 0.776. The molecule has 132 valence electrons. The predicted molar refractivity (Wildman–Crippen MR) is 104 cm³/mol. The van der Waals surface area contributed by atoms with E-state index in [4.69, 9.17) is 4.74 Å². The van der Waals surface area contributed by atoms with Crippen molar-refractivity contribution in [1.29, 1.82) is 0 Å². The molecule has 1 heterocycles. The molecule has 2 aromatic rings. The number of nitrogens with one attached hydrogen (secondary N) is 1. The third-order valence-corrected chi connectivity index (χ3v) is 4.82. The maximum Gasteiger partial charge on any atom is 0.171 e. The van der Waals surface area contributed by atoms with E-state index in [1.54, 1.807) is 0 Å². The Hall–Kier alpha value is -1.97. The van der Waals surface area contributed by atoms with E-state index in [1.165, 1.54) is 22.3 Å². The highest BCUT2D eigenvalue weighted by Crippen LogP contribution is 2.11. The summed E-state index contributed by atoms with van der Waals surface area (Å²) in [6, 6.07) is 17.2. The molecule has 0 saturated heterocycles. The van der Waals surface area contributed by atoms with Gasteiger partial charge < -0.3 is 10.1 Å². The number of hydrogen-bond donors (Lipinski definition) is 1. The van der Waals surface area contributed by atoms with Crippen LogP contribution in [0.3, 0.4) is 0 Å². The second-order valence-electron chi connectivity index (χ2n) is 6.65. The van der Waals surface area contributed by atoms with Gasteiger partial charge >= 0.3 is 0 Å². The average molecular weight is 337 g/mol. The number of fused-ring (bicyclic) bond motifs is 1. The quantitative estimate of drug-likeness (QED) is 0.562. The van der Waals surface area contributed by atoms with Crippen LogP contribution in [0, 0.1) is 6.92 Å². The van der Waals surface area contributed by atoms with Crippen molar-refractivity contribution in [2.24, 2.45) is 0 Å². The summed E-state index contributed by atoms with van der Waals surface area (Å²) in [7, 11) is 0. The first kappa shape index (κ1) is 17.8. The molecule has 0 saturated carbocycles. The summed E-state index contributed by atoms with van der Waals surface area (Å²) in [5.74, 6) is 0. The molecule has 3 nitrogen and oxygen atoms in total. The van der Waals surface area contributed by atoms with E-state index in [1.807, 2.05) is 0 Å². The summed E-state index contributed by atoms with van der Waals surface area (Å²) in [6.45, 7) is 7.72. The molecular weight excluding hydrogens is 308 g/mol. The molecule has 0 spiro atoms. The molecule has 0 aromatic heterocycles. The first-order chi connectivity index (χ1) is 12.3. The van der Waals surface area contributed by atoms with Crippen molar-refractivity contribution in [3.63, 3.8) is 0 Å². The van der Waals surface area contributed by atoms with E-state index in [0.717, 1.165) is 52.2 Å². The van der Waals surface area contributed by atoms with Crippen molar-refractivity contribution in [1.82, 2.24) is 5.32 Å². The maximum absolute atomic E-state index is 5.78. The van der Waals surface area contributed by atoms with E-state index in [0.29, 0.717) is 0 Å². The second-order valence-corrected chi connectivity index (χ2v) is 6.65. The Kier molecular flexibility index (Phi) is 6.78. The fourth-order valence-corrected chi connectivity index (χ4v) is 3.26. The molecule has 0 fully saturated rings. The van der Waals surface area contributed by atoms with Crippen LogP contribution in [-0.4, -0.2) is 50.2 Å². The minimum atomic E-state index is 0.776. The fourth-order valence-electron chi connectivity index (χ4n) is 3.26. The zero-order chi connectivity index (χ0) is 17.3. The van der Waals surface area contributed by atoms with Gasteiger partial charge in [0.15, 0.2) is 12.8 Å². The summed E-state index contributed by atoms with van der Waals surface area (Å²) < 4.78 is 8.15. The van der Waals surface area contributed by atoms with E-state index < -0.39 is 0 Å². The number of benzene rings is 2. The standard InChI is InChI=1S/C22H29N2O/c1-19-6-2-3-7-20(19)10-12-23-13-16-25-17-15-24-14-11-21-8-4-5-9-22(21)18-24/h2-9,18,23H,10-17H2,1H3/q+1. The van der Waals surface area contributed by atoms with Crippen LogP contribution in [0.4, 0.5) is 0 Å². The lowest BCUT2D eigenvalue weighted by Gasteiger charge is -2.12. The summed E-state index contributed by atoms with van der Waals surface area (Å²) in [4.78, 5) is 0. The topological polar surface area (TPSA) is 24.3 Å². The second kappa shape index (κ2) is 9.50. The lowest BCUT2D eigenvalue weighted by Crippen LogP contribution is -2.27. The summed E-state index contributed by atoms with van der Waals surface area (Å²) in [6.07, 6.45) is 4.48. The molecule has 1 N–H and O–H groups in total. The molecule has 1 aliphatic rings. The van der Waals surface area contributed by atoms with Crippen molar-refractivity contribution in [3.8, 4) is 0 Å². The number of ether oxygens (including phenoxy) is 1. The third-order valence-electron chi connectivity index (χ3n) is 4.82. The van der Waals surface area contributed by atoms with Crippen LogP contribution >= 0.6 is 0 Å². The van der Waals surface area contributed by atoms with Gasteiger partial charge in [-0.15, -0.1) is 0 Å².